The van der Waals surface area contributed by atoms with Crippen molar-refractivity contribution in [2.45, 2.75) is 19.5 Å². The smallest absolute Gasteiger partial charge is 0.0307 e. The number of allylic oxidation sites excluding steroid dienone is 4. The molecule has 0 nitrogen and oxygen atoms in total. The Hall–Kier alpha value is -1.12. The Morgan fingerprint density at radius 3 is 1.77 bits per heavy atom. The van der Waals surface area contributed by atoms with Gasteiger partial charge in [-0.1, -0.05) is 49.5 Å². The first-order valence-corrected chi connectivity index (χ1v) is 9.20. The summed E-state index contributed by atoms with van der Waals surface area (Å²) < 4.78 is 0. The van der Waals surface area contributed by atoms with Crippen molar-refractivity contribution in [1.29, 1.82) is 0 Å². The molecule has 0 aromatic heterocycles. The minimum atomic E-state index is 0. The zero-order valence-corrected chi connectivity index (χ0v) is 17.7. The maximum Gasteiger partial charge on any atom is 0.0307 e. The average Bonchev–Trinajstić information content (AvgIpc) is 3.19. The Morgan fingerprint density at radius 2 is 1.41 bits per heavy atom. The quantitative estimate of drug-likeness (QED) is 0.290. The third-order valence-corrected chi connectivity index (χ3v) is 3.11. The molecule has 0 bridgehead atoms. The molecule has 2 heteroatoms. The zero-order chi connectivity index (χ0) is 14.9. The van der Waals surface area contributed by atoms with E-state index in [4.69, 9.17) is 0 Å². The first-order chi connectivity index (χ1) is 10.4. The van der Waals surface area contributed by atoms with Gasteiger partial charge in [0, 0.05) is 35.4 Å². The van der Waals surface area contributed by atoms with E-state index in [2.05, 4.69) is 79.8 Å². The zero-order valence-electron chi connectivity index (χ0n) is 13.1. The maximum absolute atomic E-state index is 2.99. The molecule has 1 aliphatic rings. The van der Waals surface area contributed by atoms with Gasteiger partial charge in [-0.25, -0.2) is 12.2 Å². The van der Waals surface area contributed by atoms with Crippen molar-refractivity contribution in [1.82, 2.24) is 0 Å². The largest absolute Gasteiger partial charge is 0.273 e. The second-order valence-electron chi connectivity index (χ2n) is 4.82. The summed E-state index contributed by atoms with van der Waals surface area (Å²) in [6.45, 7) is 4.31. The minimum absolute atomic E-state index is 0. The van der Waals surface area contributed by atoms with E-state index in [1.165, 1.54) is 21.5 Å². The first-order valence-electron chi connectivity index (χ1n) is 7.20. The van der Waals surface area contributed by atoms with Crippen molar-refractivity contribution in [2.24, 2.45) is 0 Å². The fourth-order valence-electron chi connectivity index (χ4n) is 2.24. The van der Waals surface area contributed by atoms with Crippen molar-refractivity contribution >= 4 is 31.1 Å². The van der Waals surface area contributed by atoms with Gasteiger partial charge in [0.25, 0.3) is 0 Å². The van der Waals surface area contributed by atoms with E-state index in [-0.39, 0.29) is 25.8 Å². The fraction of sp³-hybridized carbons (Fsp3) is 0.150. The molecule has 22 heavy (non-hydrogen) atoms. The number of rotatable bonds is 0. The number of fused-ring (bicyclic) bond motifs is 3. The summed E-state index contributed by atoms with van der Waals surface area (Å²) in [5, 5.41) is 5.39. The standard InChI is InChI=1S/C13H9.C5H5.C2H6Si.Hf/c1-3-7-12-10(5-1)9-11-6-2-4-8-13(11)12;1-2-4-5-3-1;1-3-2;/h1-9H;1-3H,4H2;1-2H3;/q2*-1;;. The molecule has 3 aromatic rings. The molecule has 0 heterocycles. The first kappa shape index (κ1) is 18.9. The van der Waals surface area contributed by atoms with Gasteiger partial charge >= 0.3 is 0 Å². The molecule has 2 radical (unpaired) electrons. The summed E-state index contributed by atoms with van der Waals surface area (Å²) in [6, 6.07) is 19.3. The number of benzene rings is 2. The van der Waals surface area contributed by atoms with Crippen LogP contribution in [0.1, 0.15) is 6.42 Å². The predicted molar refractivity (Wildman–Crippen MR) is 96.1 cm³/mol. The van der Waals surface area contributed by atoms with Gasteiger partial charge < -0.3 is 0 Å². The van der Waals surface area contributed by atoms with Crippen LogP contribution in [0.15, 0.2) is 72.8 Å². The van der Waals surface area contributed by atoms with E-state index in [1.807, 2.05) is 12.2 Å². The molecule has 0 N–H and O–H groups in total. The molecule has 3 aromatic carbocycles. The van der Waals surface area contributed by atoms with Crippen LogP contribution in [-0.4, -0.2) is 9.52 Å². The Morgan fingerprint density at radius 1 is 0.909 bits per heavy atom. The van der Waals surface area contributed by atoms with E-state index in [9.17, 15) is 0 Å². The van der Waals surface area contributed by atoms with Crippen molar-refractivity contribution in [3.63, 3.8) is 0 Å². The summed E-state index contributed by atoms with van der Waals surface area (Å²) in [7, 11) is 1.08. The van der Waals surface area contributed by atoms with Gasteiger partial charge in [-0.05, 0) is 0 Å². The topological polar surface area (TPSA) is 0 Å². The molecule has 0 unspecified atom stereocenters. The average molecular weight is 467 g/mol. The van der Waals surface area contributed by atoms with Gasteiger partial charge in [-0.3, -0.25) is 6.08 Å². The van der Waals surface area contributed by atoms with Gasteiger partial charge in [0.1, 0.15) is 0 Å². The number of hydrogen-bond donors (Lipinski definition) is 0. The molecular formula is C20H20HfSi-2. The Balaban J connectivity index is 0.000000227. The fourth-order valence-corrected chi connectivity index (χ4v) is 2.24. The molecular weight excluding hydrogens is 447 g/mol. The Bertz CT molecular complexity index is 677. The van der Waals surface area contributed by atoms with Crippen molar-refractivity contribution in [3.05, 3.63) is 78.9 Å². The monoisotopic (exact) mass is 468 g/mol. The van der Waals surface area contributed by atoms with E-state index >= 15 is 0 Å². The third-order valence-electron chi connectivity index (χ3n) is 3.11. The van der Waals surface area contributed by atoms with Gasteiger partial charge in [0.05, 0.1) is 0 Å². The van der Waals surface area contributed by atoms with Crippen molar-refractivity contribution < 1.29 is 25.8 Å². The van der Waals surface area contributed by atoms with Gasteiger partial charge in [-0.2, -0.15) is 6.08 Å². The summed E-state index contributed by atoms with van der Waals surface area (Å²) in [5.74, 6) is 0. The van der Waals surface area contributed by atoms with Gasteiger partial charge in [-0.15, -0.1) is 46.2 Å². The summed E-state index contributed by atoms with van der Waals surface area (Å²) in [4.78, 5) is 0. The summed E-state index contributed by atoms with van der Waals surface area (Å²) in [6.07, 6.45) is 10.0. The van der Waals surface area contributed by atoms with Crippen LogP contribution >= 0.6 is 0 Å². The molecule has 110 valence electrons. The molecule has 1 aliphatic carbocycles. The van der Waals surface area contributed by atoms with Crippen LogP contribution in [0.2, 0.25) is 13.1 Å². The molecule has 0 atom stereocenters. The van der Waals surface area contributed by atoms with Gasteiger partial charge in [0.2, 0.25) is 0 Å². The van der Waals surface area contributed by atoms with Crippen LogP contribution in [0.4, 0.5) is 0 Å². The van der Waals surface area contributed by atoms with Crippen LogP contribution in [-0.2, 0) is 25.8 Å². The molecule has 0 fully saturated rings. The van der Waals surface area contributed by atoms with E-state index in [1.54, 1.807) is 0 Å². The number of hydrogen-bond acceptors (Lipinski definition) is 0. The van der Waals surface area contributed by atoms with E-state index in [0.717, 1.165) is 15.9 Å². The van der Waals surface area contributed by atoms with Crippen molar-refractivity contribution in [2.75, 3.05) is 0 Å². The van der Waals surface area contributed by atoms with E-state index in [0.29, 0.717) is 0 Å². The second kappa shape index (κ2) is 10.6. The Kier molecular flexibility index (Phi) is 9.10. The minimum Gasteiger partial charge on any atom is -0.273 e. The molecule has 4 rings (SSSR count). The summed E-state index contributed by atoms with van der Waals surface area (Å²) >= 11 is 0. The van der Waals surface area contributed by atoms with Crippen LogP contribution in [0.5, 0.6) is 0 Å². The molecule has 0 spiro atoms. The molecule has 0 aliphatic heterocycles. The maximum atomic E-state index is 2.99. The predicted octanol–water partition coefficient (Wildman–Crippen LogP) is 5.80. The Labute approximate surface area is 154 Å². The van der Waals surface area contributed by atoms with E-state index < -0.39 is 0 Å². The normalized spacial score (nSPS) is 11.4. The van der Waals surface area contributed by atoms with Crippen LogP contribution < -0.4 is 0 Å². The third kappa shape index (κ3) is 5.26. The van der Waals surface area contributed by atoms with Crippen molar-refractivity contribution in [3.8, 4) is 0 Å². The van der Waals surface area contributed by atoms with Crippen LogP contribution in [0.25, 0.3) is 21.5 Å². The molecule has 0 amide bonds. The molecule has 0 saturated heterocycles. The second-order valence-corrected chi connectivity index (χ2v) is 5.82. The SMILES string of the molecule is C[Si]C.[C-]1=CC=CC1.[Hf].c1ccc2c(c1)[cH-]c1ccccc12. The van der Waals surface area contributed by atoms with Crippen LogP contribution in [0.3, 0.4) is 0 Å². The molecule has 0 saturated carbocycles. The van der Waals surface area contributed by atoms with Crippen LogP contribution in [0, 0.1) is 6.08 Å². The van der Waals surface area contributed by atoms with Gasteiger partial charge in [0.15, 0.2) is 0 Å². The summed E-state index contributed by atoms with van der Waals surface area (Å²) in [5.41, 5.74) is 0.